The SMILES string of the molecule is COc1cc(C(=O)CC[C@](C)(O)c2cc3c(c(-c4ccc(F)cc4)n2)OC[C@]3(C)COC(=O)Nc2ccccc2)ccc1OCCO. The number of carbonyl (C=O) groups excluding carboxylic acids is 2. The Hall–Kier alpha value is -5.00. The van der Waals surface area contributed by atoms with Crippen molar-refractivity contribution >= 4 is 17.6 Å². The molecule has 10 nitrogen and oxygen atoms in total. The summed E-state index contributed by atoms with van der Waals surface area (Å²) >= 11 is 0. The Labute approximate surface area is 272 Å². The number of amides is 1. The Bertz CT molecular complexity index is 1730. The van der Waals surface area contributed by atoms with Crippen molar-refractivity contribution in [1.29, 1.82) is 0 Å². The van der Waals surface area contributed by atoms with Crippen LogP contribution in [0.5, 0.6) is 17.2 Å². The lowest BCUT2D eigenvalue weighted by Gasteiger charge is -2.27. The first-order valence-electron chi connectivity index (χ1n) is 15.1. The van der Waals surface area contributed by atoms with Crippen LogP contribution in [0.3, 0.4) is 0 Å². The Kier molecular flexibility index (Phi) is 10.1. The zero-order valence-corrected chi connectivity index (χ0v) is 26.4. The molecule has 0 saturated carbocycles. The van der Waals surface area contributed by atoms with Crippen LogP contribution in [-0.4, -0.2) is 60.6 Å². The van der Waals surface area contributed by atoms with E-state index in [1.54, 1.807) is 67.6 Å². The molecule has 47 heavy (non-hydrogen) atoms. The third-order valence-corrected chi connectivity index (χ3v) is 8.04. The Balaban J connectivity index is 1.40. The molecule has 0 unspecified atom stereocenters. The van der Waals surface area contributed by atoms with E-state index in [9.17, 15) is 19.1 Å². The van der Waals surface area contributed by atoms with Gasteiger partial charge in [0.2, 0.25) is 0 Å². The van der Waals surface area contributed by atoms with E-state index in [0.29, 0.717) is 45.3 Å². The Morgan fingerprint density at radius 2 is 1.81 bits per heavy atom. The number of benzene rings is 3. The molecule has 1 aliphatic rings. The highest BCUT2D eigenvalue weighted by Crippen LogP contribution is 2.46. The van der Waals surface area contributed by atoms with Gasteiger partial charge in [-0.05, 0) is 80.9 Å². The number of hydrogen-bond acceptors (Lipinski definition) is 9. The highest BCUT2D eigenvalue weighted by molar-refractivity contribution is 5.96. The molecule has 246 valence electrons. The number of ether oxygens (including phenoxy) is 4. The molecule has 2 atom stereocenters. The number of carbonyl (C=O) groups is 2. The van der Waals surface area contributed by atoms with Gasteiger partial charge in [-0.2, -0.15) is 0 Å². The van der Waals surface area contributed by atoms with Crippen LogP contribution < -0.4 is 19.5 Å². The van der Waals surface area contributed by atoms with Gasteiger partial charge in [0.25, 0.3) is 0 Å². The molecule has 3 N–H and O–H groups in total. The van der Waals surface area contributed by atoms with Crippen molar-refractivity contribution < 1.29 is 43.1 Å². The highest BCUT2D eigenvalue weighted by atomic mass is 19.1. The second kappa shape index (κ2) is 14.2. The van der Waals surface area contributed by atoms with E-state index in [1.165, 1.54) is 19.2 Å². The lowest BCUT2D eigenvalue weighted by Crippen LogP contribution is -2.33. The second-order valence-electron chi connectivity index (χ2n) is 11.8. The van der Waals surface area contributed by atoms with Gasteiger partial charge in [-0.1, -0.05) is 18.2 Å². The van der Waals surface area contributed by atoms with Gasteiger partial charge >= 0.3 is 6.09 Å². The number of ketones is 1. The first-order valence-corrected chi connectivity index (χ1v) is 15.1. The number of aliphatic hydroxyl groups excluding tert-OH is 1. The molecule has 1 amide bonds. The Morgan fingerprint density at radius 1 is 1.06 bits per heavy atom. The fourth-order valence-electron chi connectivity index (χ4n) is 5.28. The van der Waals surface area contributed by atoms with Crippen LogP contribution in [0.25, 0.3) is 11.3 Å². The van der Waals surface area contributed by atoms with E-state index in [0.717, 1.165) is 0 Å². The van der Waals surface area contributed by atoms with Gasteiger partial charge < -0.3 is 29.2 Å². The summed E-state index contributed by atoms with van der Waals surface area (Å²) in [5.41, 5.74) is 0.480. The number of anilines is 1. The highest BCUT2D eigenvalue weighted by Gasteiger charge is 2.42. The molecule has 1 aromatic heterocycles. The molecule has 5 rings (SSSR count). The molecule has 0 aliphatic carbocycles. The number of aliphatic hydroxyl groups is 2. The maximum atomic E-state index is 13.8. The predicted octanol–water partition coefficient (Wildman–Crippen LogP) is 6.04. The largest absolute Gasteiger partial charge is 0.493 e. The summed E-state index contributed by atoms with van der Waals surface area (Å²) in [5, 5.41) is 23.5. The van der Waals surface area contributed by atoms with Crippen molar-refractivity contribution in [2.75, 3.05) is 38.9 Å². The van der Waals surface area contributed by atoms with Crippen molar-refractivity contribution in [2.24, 2.45) is 0 Å². The van der Waals surface area contributed by atoms with Gasteiger partial charge in [0, 0.05) is 28.8 Å². The zero-order valence-electron chi connectivity index (χ0n) is 26.4. The van der Waals surface area contributed by atoms with Gasteiger partial charge in [-0.3, -0.25) is 10.1 Å². The molecule has 1 aliphatic heterocycles. The minimum Gasteiger partial charge on any atom is -0.493 e. The molecule has 11 heteroatoms. The lowest BCUT2D eigenvalue weighted by atomic mass is 9.82. The lowest BCUT2D eigenvalue weighted by molar-refractivity contribution is 0.0396. The van der Waals surface area contributed by atoms with E-state index in [-0.39, 0.29) is 50.7 Å². The number of nitrogens with zero attached hydrogens (tertiary/aromatic N) is 1. The first kappa shape index (κ1) is 33.4. The first-order chi connectivity index (χ1) is 22.5. The number of para-hydroxylation sites is 1. The summed E-state index contributed by atoms with van der Waals surface area (Å²) in [4.78, 5) is 30.6. The number of pyridine rings is 1. The van der Waals surface area contributed by atoms with Crippen LogP contribution in [0.1, 0.15) is 48.3 Å². The summed E-state index contributed by atoms with van der Waals surface area (Å²) in [6, 6.07) is 21.2. The quantitative estimate of drug-likeness (QED) is 0.149. The van der Waals surface area contributed by atoms with Crippen LogP contribution in [0.15, 0.2) is 78.9 Å². The number of nitrogens with one attached hydrogen (secondary N) is 1. The van der Waals surface area contributed by atoms with Gasteiger partial charge in [0.15, 0.2) is 17.3 Å². The number of rotatable bonds is 13. The smallest absolute Gasteiger partial charge is 0.411 e. The second-order valence-corrected chi connectivity index (χ2v) is 11.8. The number of aromatic nitrogens is 1. The van der Waals surface area contributed by atoms with Crippen LogP contribution in [0, 0.1) is 5.82 Å². The Morgan fingerprint density at radius 3 is 2.51 bits per heavy atom. The number of methoxy groups -OCH3 is 1. The average Bonchev–Trinajstić information content (AvgIpc) is 3.42. The average molecular weight is 645 g/mol. The van der Waals surface area contributed by atoms with Crippen molar-refractivity contribution in [1.82, 2.24) is 4.98 Å². The molecule has 0 spiro atoms. The van der Waals surface area contributed by atoms with Crippen LogP contribution >= 0.6 is 0 Å². The summed E-state index contributed by atoms with van der Waals surface area (Å²) < 4.78 is 36.4. The van der Waals surface area contributed by atoms with Gasteiger partial charge in [0.1, 0.15) is 42.7 Å². The zero-order chi connectivity index (χ0) is 33.6. The van der Waals surface area contributed by atoms with E-state index in [4.69, 9.17) is 29.0 Å². The maximum Gasteiger partial charge on any atom is 0.411 e. The third kappa shape index (κ3) is 7.70. The van der Waals surface area contributed by atoms with E-state index in [1.807, 2.05) is 13.0 Å². The fourth-order valence-corrected chi connectivity index (χ4v) is 5.28. The molecule has 3 aromatic carbocycles. The van der Waals surface area contributed by atoms with Crippen molar-refractivity contribution in [3.8, 4) is 28.5 Å². The summed E-state index contributed by atoms with van der Waals surface area (Å²) in [6.07, 6.45) is -0.623. The molecule has 0 radical (unpaired) electrons. The van der Waals surface area contributed by atoms with E-state index in [2.05, 4.69) is 5.32 Å². The fraction of sp³-hybridized carbons (Fsp3) is 0.306. The molecule has 4 aromatic rings. The van der Waals surface area contributed by atoms with Gasteiger partial charge in [0.05, 0.1) is 24.8 Å². The van der Waals surface area contributed by atoms with Crippen molar-refractivity contribution in [2.45, 2.75) is 37.7 Å². The number of halogens is 1. The molecular weight excluding hydrogens is 607 g/mol. The number of Topliss-reactive ketones (excluding diaryl/α,β-unsaturated/α-hetero) is 1. The van der Waals surface area contributed by atoms with E-state index < -0.39 is 22.9 Å². The summed E-state index contributed by atoms with van der Waals surface area (Å²) in [7, 11) is 1.45. The van der Waals surface area contributed by atoms with Gasteiger partial charge in [-0.15, -0.1) is 0 Å². The van der Waals surface area contributed by atoms with Crippen LogP contribution in [-0.2, 0) is 15.8 Å². The van der Waals surface area contributed by atoms with Crippen LogP contribution in [0.4, 0.5) is 14.9 Å². The monoisotopic (exact) mass is 644 g/mol. The molecule has 2 heterocycles. The number of hydrogen-bond donors (Lipinski definition) is 3. The normalized spacial score (nSPS) is 16.4. The number of fused-ring (bicyclic) bond motifs is 1. The molecule has 0 bridgehead atoms. The molecule has 0 fully saturated rings. The topological polar surface area (TPSA) is 136 Å². The van der Waals surface area contributed by atoms with Crippen LogP contribution in [0.2, 0.25) is 0 Å². The third-order valence-electron chi connectivity index (χ3n) is 8.04. The standard InChI is InChI=1S/C36H37FN2O8/c1-35(22-47-34(42)38-26-7-5-4-6-8-26)21-46-33-27(35)20-31(39-32(33)23-9-12-25(37)13-10-23)36(2,43)16-15-28(41)24-11-14-29(45-18-17-40)30(19-24)44-3/h4-14,19-20,40,43H,15-18,21-22H2,1-3H3,(H,38,42)/t35-,36+/m1/s1. The predicted molar refractivity (Wildman–Crippen MR) is 173 cm³/mol. The maximum absolute atomic E-state index is 13.8. The van der Waals surface area contributed by atoms with Gasteiger partial charge in [-0.25, -0.2) is 14.2 Å². The summed E-state index contributed by atoms with van der Waals surface area (Å²) in [5.74, 6) is 0.535. The minimum atomic E-state index is -1.57. The minimum absolute atomic E-state index is 0.0197. The van der Waals surface area contributed by atoms with Crippen molar-refractivity contribution in [3.05, 3.63) is 102 Å². The molecular formula is C36H37FN2O8. The van der Waals surface area contributed by atoms with Crippen molar-refractivity contribution in [3.63, 3.8) is 0 Å². The van der Waals surface area contributed by atoms with E-state index >= 15 is 0 Å². The molecule has 0 saturated heterocycles. The summed E-state index contributed by atoms with van der Waals surface area (Å²) in [6.45, 7) is 3.50.